The Morgan fingerprint density at radius 3 is 2.75 bits per heavy atom. The zero-order chi connectivity index (χ0) is 23.1. The molecule has 0 radical (unpaired) electrons. The summed E-state index contributed by atoms with van der Waals surface area (Å²) in [5.74, 6) is 0.502. The quantitative estimate of drug-likeness (QED) is 0.255. The average molecular weight is 453 g/mol. The van der Waals surface area contributed by atoms with E-state index >= 15 is 0 Å². The molecule has 0 aromatic carbocycles. The van der Waals surface area contributed by atoms with Gasteiger partial charge in [-0.2, -0.15) is 0 Å². The highest BCUT2D eigenvalue weighted by atomic mass is 16.5. The molecule has 1 saturated heterocycles. The molecule has 0 bridgehead atoms. The van der Waals surface area contributed by atoms with Crippen molar-refractivity contribution in [2.24, 2.45) is 0 Å². The number of amides is 1. The van der Waals surface area contributed by atoms with E-state index in [0.717, 1.165) is 24.1 Å². The van der Waals surface area contributed by atoms with Crippen molar-refractivity contribution in [3.63, 3.8) is 0 Å². The van der Waals surface area contributed by atoms with Crippen LogP contribution >= 0.6 is 0 Å². The summed E-state index contributed by atoms with van der Waals surface area (Å²) in [6.45, 7) is 3.95. The van der Waals surface area contributed by atoms with Gasteiger partial charge in [-0.1, -0.05) is 0 Å². The number of nitrogens with one attached hydrogen (secondary N) is 2. The normalized spacial score (nSPS) is 22.1. The lowest BCUT2D eigenvalue weighted by Crippen LogP contribution is -2.55. The van der Waals surface area contributed by atoms with E-state index in [1.807, 2.05) is 24.0 Å². The van der Waals surface area contributed by atoms with Gasteiger partial charge in [-0.3, -0.25) is 10.1 Å². The van der Waals surface area contributed by atoms with Crippen molar-refractivity contribution >= 4 is 5.91 Å². The van der Waals surface area contributed by atoms with Crippen LogP contribution in [-0.2, 0) is 20.7 Å². The minimum atomic E-state index is -1.52. The standard InChI is InChI=1S/C22H36N4O6/c1-14(15-9-16(25-20(10-15)31-3)5-4-8-23-22(28)29)26(18-6-7-18)21(27)19-11-24-17(12-30-2)13-32-19/h9-10,14,17-19,22-24,28-29H,4-8,11-13H2,1-3H3/t14-,17+,19-/m1/s1. The van der Waals surface area contributed by atoms with Crippen LogP contribution in [0.15, 0.2) is 12.1 Å². The summed E-state index contributed by atoms with van der Waals surface area (Å²) in [6, 6.07) is 4.05. The molecule has 1 aromatic rings. The molecule has 0 unspecified atom stereocenters. The number of morpholine rings is 1. The molecule has 1 aliphatic heterocycles. The molecule has 10 nitrogen and oxygen atoms in total. The van der Waals surface area contributed by atoms with E-state index in [9.17, 15) is 4.79 Å². The van der Waals surface area contributed by atoms with Gasteiger partial charge in [0.1, 0.15) is 6.10 Å². The lowest BCUT2D eigenvalue weighted by Gasteiger charge is -2.36. The SMILES string of the molecule is COC[C@H]1CO[C@@H](C(=O)N(C2CC2)[C@H](C)c2cc(CCCNC(O)O)nc(OC)c2)CN1. The van der Waals surface area contributed by atoms with Gasteiger partial charge < -0.3 is 34.6 Å². The van der Waals surface area contributed by atoms with Gasteiger partial charge in [0.15, 0.2) is 0 Å². The monoisotopic (exact) mass is 452 g/mol. The number of methoxy groups -OCH3 is 2. The molecule has 1 aromatic heterocycles. The number of carbonyl (C=O) groups excluding carboxylic acids is 1. The Labute approximate surface area is 189 Å². The number of aliphatic hydroxyl groups excluding tert-OH is 1. The van der Waals surface area contributed by atoms with E-state index in [-0.39, 0.29) is 24.0 Å². The zero-order valence-electron chi connectivity index (χ0n) is 19.1. The van der Waals surface area contributed by atoms with Crippen molar-refractivity contribution in [2.45, 2.75) is 63.3 Å². The highest BCUT2D eigenvalue weighted by Gasteiger charge is 2.40. The van der Waals surface area contributed by atoms with Gasteiger partial charge in [0.05, 0.1) is 32.4 Å². The number of nitrogens with zero attached hydrogens (tertiary/aromatic N) is 2. The van der Waals surface area contributed by atoms with Crippen molar-refractivity contribution in [1.82, 2.24) is 20.5 Å². The van der Waals surface area contributed by atoms with E-state index in [0.29, 0.717) is 45.0 Å². The zero-order valence-corrected chi connectivity index (χ0v) is 19.1. The number of aromatic nitrogens is 1. The summed E-state index contributed by atoms with van der Waals surface area (Å²) in [7, 11) is 3.23. The molecule has 1 amide bonds. The van der Waals surface area contributed by atoms with E-state index in [2.05, 4.69) is 15.6 Å². The molecule has 2 fully saturated rings. The number of pyridine rings is 1. The maximum Gasteiger partial charge on any atom is 0.253 e. The molecule has 3 rings (SSSR count). The molecule has 1 aliphatic carbocycles. The second kappa shape index (κ2) is 11.9. The summed E-state index contributed by atoms with van der Waals surface area (Å²) >= 11 is 0. The Balaban J connectivity index is 1.69. The van der Waals surface area contributed by atoms with Crippen LogP contribution in [0.1, 0.15) is 43.5 Å². The Kier molecular flexibility index (Phi) is 9.21. The summed E-state index contributed by atoms with van der Waals surface area (Å²) in [6.07, 6.45) is 1.28. The number of aliphatic hydroxyl groups is 2. The number of aryl methyl sites for hydroxylation is 1. The van der Waals surface area contributed by atoms with Crippen LogP contribution in [0.4, 0.5) is 0 Å². The third-order valence-corrected chi connectivity index (χ3v) is 5.85. The van der Waals surface area contributed by atoms with Crippen molar-refractivity contribution in [3.8, 4) is 5.88 Å². The minimum Gasteiger partial charge on any atom is -0.481 e. The summed E-state index contributed by atoms with van der Waals surface area (Å²) in [5, 5.41) is 23.7. The van der Waals surface area contributed by atoms with Crippen molar-refractivity contribution in [1.29, 1.82) is 0 Å². The van der Waals surface area contributed by atoms with E-state index in [4.69, 9.17) is 24.4 Å². The lowest BCUT2D eigenvalue weighted by molar-refractivity contribution is -0.150. The Hall–Kier alpha value is -1.82. The topological polar surface area (TPSA) is 125 Å². The Morgan fingerprint density at radius 1 is 1.38 bits per heavy atom. The molecular weight excluding hydrogens is 416 g/mol. The summed E-state index contributed by atoms with van der Waals surface area (Å²) in [4.78, 5) is 19.9. The average Bonchev–Trinajstić information content (AvgIpc) is 3.62. The fourth-order valence-electron chi connectivity index (χ4n) is 4.01. The third kappa shape index (κ3) is 6.84. The van der Waals surface area contributed by atoms with Gasteiger partial charge in [0.2, 0.25) is 12.3 Å². The van der Waals surface area contributed by atoms with Crippen molar-refractivity contribution in [2.75, 3.05) is 40.5 Å². The number of hydrogen-bond acceptors (Lipinski definition) is 9. The van der Waals surface area contributed by atoms with E-state index < -0.39 is 12.5 Å². The first-order valence-corrected chi connectivity index (χ1v) is 11.2. The van der Waals surface area contributed by atoms with Crippen LogP contribution < -0.4 is 15.4 Å². The fraction of sp³-hybridized carbons (Fsp3) is 0.727. The van der Waals surface area contributed by atoms with Crippen molar-refractivity contribution < 1.29 is 29.2 Å². The molecule has 3 atom stereocenters. The first-order chi connectivity index (χ1) is 15.4. The number of ether oxygens (including phenoxy) is 3. The largest absolute Gasteiger partial charge is 0.481 e. The molecule has 2 aliphatic rings. The third-order valence-electron chi connectivity index (χ3n) is 5.85. The van der Waals surface area contributed by atoms with Gasteiger partial charge >= 0.3 is 0 Å². The van der Waals surface area contributed by atoms with Crippen LogP contribution in [0.5, 0.6) is 5.88 Å². The molecule has 2 heterocycles. The summed E-state index contributed by atoms with van der Waals surface area (Å²) in [5.41, 5.74) is 1.80. The van der Waals surface area contributed by atoms with Crippen molar-refractivity contribution in [3.05, 3.63) is 23.4 Å². The maximum atomic E-state index is 13.4. The second-order valence-electron chi connectivity index (χ2n) is 8.40. The highest BCUT2D eigenvalue weighted by molar-refractivity contribution is 5.82. The molecule has 4 N–H and O–H groups in total. The Morgan fingerprint density at radius 2 is 2.16 bits per heavy atom. The first kappa shape index (κ1) is 24.8. The van der Waals surface area contributed by atoms with Crippen LogP contribution in [0.2, 0.25) is 0 Å². The Bertz CT molecular complexity index is 737. The highest BCUT2D eigenvalue weighted by Crippen LogP contribution is 2.36. The maximum absolute atomic E-state index is 13.4. The van der Waals surface area contributed by atoms with E-state index in [1.165, 1.54) is 0 Å². The van der Waals surface area contributed by atoms with Crippen LogP contribution in [-0.4, -0.2) is 91.1 Å². The van der Waals surface area contributed by atoms with Gasteiger partial charge in [-0.25, -0.2) is 4.98 Å². The van der Waals surface area contributed by atoms with Gasteiger partial charge in [-0.15, -0.1) is 0 Å². The number of rotatable bonds is 12. The van der Waals surface area contributed by atoms with Crippen LogP contribution in [0.25, 0.3) is 0 Å². The second-order valence-corrected chi connectivity index (χ2v) is 8.40. The smallest absolute Gasteiger partial charge is 0.253 e. The minimum absolute atomic E-state index is 0.00169. The number of hydrogen-bond donors (Lipinski definition) is 4. The summed E-state index contributed by atoms with van der Waals surface area (Å²) < 4.78 is 16.4. The lowest BCUT2D eigenvalue weighted by atomic mass is 10.0. The van der Waals surface area contributed by atoms with E-state index in [1.54, 1.807) is 14.2 Å². The molecular formula is C22H36N4O6. The predicted octanol–water partition coefficient (Wildman–Crippen LogP) is -0.0640. The first-order valence-electron chi connectivity index (χ1n) is 11.2. The molecule has 0 spiro atoms. The van der Waals surface area contributed by atoms with Crippen LogP contribution in [0, 0.1) is 0 Å². The molecule has 32 heavy (non-hydrogen) atoms. The van der Waals surface area contributed by atoms with Gasteiger partial charge in [0.25, 0.3) is 5.91 Å². The molecule has 1 saturated carbocycles. The fourth-order valence-corrected chi connectivity index (χ4v) is 4.01. The molecule has 10 heteroatoms. The van der Waals surface area contributed by atoms with Gasteiger partial charge in [0, 0.05) is 38.0 Å². The van der Waals surface area contributed by atoms with Crippen LogP contribution in [0.3, 0.4) is 0 Å². The van der Waals surface area contributed by atoms with Gasteiger partial charge in [-0.05, 0) is 44.2 Å². The predicted molar refractivity (Wildman–Crippen MR) is 117 cm³/mol. The number of carbonyl (C=O) groups is 1. The molecule has 180 valence electrons.